The van der Waals surface area contributed by atoms with Crippen LogP contribution in [0.3, 0.4) is 0 Å². The molecular formula is C15H11F3N2O3. The largest absolute Gasteiger partial charge is 0.427 e. The molecule has 120 valence electrons. The van der Waals surface area contributed by atoms with E-state index in [4.69, 9.17) is 4.74 Å². The second kappa shape index (κ2) is 6.82. The molecule has 0 atom stereocenters. The van der Waals surface area contributed by atoms with Crippen LogP contribution < -0.4 is 15.4 Å². The molecule has 8 heteroatoms. The number of urea groups is 1. The SMILES string of the molecule is CC(=O)Oc1cccc(NC(=O)Nc2ccc(F)c(F)c2F)c1. The van der Waals surface area contributed by atoms with Gasteiger partial charge in [-0.25, -0.2) is 18.0 Å². The third-order valence-corrected chi connectivity index (χ3v) is 2.64. The number of halogens is 3. The molecule has 0 aromatic heterocycles. The van der Waals surface area contributed by atoms with E-state index in [1.165, 1.54) is 31.2 Å². The van der Waals surface area contributed by atoms with Crippen LogP contribution in [0, 0.1) is 17.5 Å². The first-order chi connectivity index (χ1) is 10.9. The molecule has 0 saturated heterocycles. The smallest absolute Gasteiger partial charge is 0.323 e. The Bertz CT molecular complexity index is 766. The molecule has 23 heavy (non-hydrogen) atoms. The Kier molecular flexibility index (Phi) is 4.85. The first kappa shape index (κ1) is 16.3. The summed E-state index contributed by atoms with van der Waals surface area (Å²) >= 11 is 0. The fourth-order valence-corrected chi connectivity index (χ4v) is 1.71. The molecular weight excluding hydrogens is 313 g/mol. The van der Waals surface area contributed by atoms with Gasteiger partial charge in [0.25, 0.3) is 0 Å². The Balaban J connectivity index is 2.08. The van der Waals surface area contributed by atoms with Gasteiger partial charge in [-0.3, -0.25) is 4.79 Å². The van der Waals surface area contributed by atoms with Crippen molar-refractivity contribution in [3.63, 3.8) is 0 Å². The molecule has 0 heterocycles. The molecule has 0 spiro atoms. The molecule has 0 aliphatic carbocycles. The molecule has 2 amide bonds. The van der Waals surface area contributed by atoms with Gasteiger partial charge in [-0.15, -0.1) is 0 Å². The first-order valence-corrected chi connectivity index (χ1v) is 6.37. The Morgan fingerprint density at radius 3 is 2.43 bits per heavy atom. The van der Waals surface area contributed by atoms with E-state index < -0.39 is 35.1 Å². The Labute approximate surface area is 129 Å². The van der Waals surface area contributed by atoms with E-state index in [0.717, 1.165) is 6.07 Å². The van der Waals surface area contributed by atoms with Crippen molar-refractivity contribution in [3.8, 4) is 5.75 Å². The topological polar surface area (TPSA) is 67.4 Å². The van der Waals surface area contributed by atoms with E-state index in [-0.39, 0.29) is 11.4 Å². The number of ether oxygens (including phenoxy) is 1. The van der Waals surface area contributed by atoms with Crippen molar-refractivity contribution in [2.45, 2.75) is 6.92 Å². The van der Waals surface area contributed by atoms with Gasteiger partial charge >= 0.3 is 12.0 Å². The number of hydrogen-bond acceptors (Lipinski definition) is 3. The summed E-state index contributed by atoms with van der Waals surface area (Å²) in [4.78, 5) is 22.6. The zero-order chi connectivity index (χ0) is 17.0. The van der Waals surface area contributed by atoms with E-state index in [9.17, 15) is 22.8 Å². The lowest BCUT2D eigenvalue weighted by atomic mass is 10.3. The van der Waals surface area contributed by atoms with Crippen molar-refractivity contribution >= 4 is 23.4 Å². The normalized spacial score (nSPS) is 10.1. The maximum Gasteiger partial charge on any atom is 0.323 e. The molecule has 0 saturated carbocycles. The van der Waals surface area contributed by atoms with Crippen LogP contribution in [0.1, 0.15) is 6.92 Å². The molecule has 0 aliphatic rings. The summed E-state index contributed by atoms with van der Waals surface area (Å²) in [5.74, 6) is -4.87. The van der Waals surface area contributed by atoms with Gasteiger partial charge in [-0.2, -0.15) is 0 Å². The number of hydrogen-bond donors (Lipinski definition) is 2. The summed E-state index contributed by atoms with van der Waals surface area (Å²) in [6.45, 7) is 1.22. The van der Waals surface area contributed by atoms with Crippen molar-refractivity contribution in [2.24, 2.45) is 0 Å². The summed E-state index contributed by atoms with van der Waals surface area (Å²) in [7, 11) is 0. The van der Waals surface area contributed by atoms with Crippen molar-refractivity contribution in [3.05, 3.63) is 53.8 Å². The van der Waals surface area contributed by atoms with Crippen LogP contribution in [0.4, 0.5) is 29.3 Å². The van der Waals surface area contributed by atoms with Crippen LogP contribution in [0.5, 0.6) is 5.75 Å². The molecule has 5 nitrogen and oxygen atoms in total. The second-order valence-corrected chi connectivity index (χ2v) is 4.42. The van der Waals surface area contributed by atoms with Crippen LogP contribution in [-0.4, -0.2) is 12.0 Å². The summed E-state index contributed by atoms with van der Waals surface area (Å²) in [5, 5.41) is 4.39. The van der Waals surface area contributed by atoms with Crippen molar-refractivity contribution in [1.82, 2.24) is 0 Å². The van der Waals surface area contributed by atoms with Gasteiger partial charge in [0.1, 0.15) is 5.75 Å². The average molecular weight is 324 g/mol. The van der Waals surface area contributed by atoms with Crippen molar-refractivity contribution in [2.75, 3.05) is 10.6 Å². The molecule has 0 bridgehead atoms. The number of nitrogens with one attached hydrogen (secondary N) is 2. The molecule has 2 aromatic rings. The lowest BCUT2D eigenvalue weighted by Crippen LogP contribution is -2.20. The monoisotopic (exact) mass is 324 g/mol. The van der Waals surface area contributed by atoms with Crippen LogP contribution in [0.2, 0.25) is 0 Å². The van der Waals surface area contributed by atoms with Gasteiger partial charge in [0.2, 0.25) is 0 Å². The molecule has 2 rings (SSSR count). The van der Waals surface area contributed by atoms with Gasteiger partial charge in [-0.05, 0) is 24.3 Å². The lowest BCUT2D eigenvalue weighted by molar-refractivity contribution is -0.131. The van der Waals surface area contributed by atoms with E-state index >= 15 is 0 Å². The van der Waals surface area contributed by atoms with Gasteiger partial charge in [-0.1, -0.05) is 6.07 Å². The third kappa shape index (κ3) is 4.22. The predicted molar refractivity (Wildman–Crippen MR) is 76.7 cm³/mol. The number of amides is 2. The summed E-state index contributed by atoms with van der Waals surface area (Å²) in [6, 6.07) is 6.58. The van der Waals surface area contributed by atoms with Gasteiger partial charge in [0.05, 0.1) is 5.69 Å². The second-order valence-electron chi connectivity index (χ2n) is 4.42. The highest BCUT2D eigenvalue weighted by Gasteiger charge is 2.15. The summed E-state index contributed by atoms with van der Waals surface area (Å²) in [6.07, 6.45) is 0. The fourth-order valence-electron chi connectivity index (χ4n) is 1.71. The predicted octanol–water partition coefficient (Wildman–Crippen LogP) is 3.67. The Morgan fingerprint density at radius 1 is 1.00 bits per heavy atom. The summed E-state index contributed by atoms with van der Waals surface area (Å²) < 4.78 is 44.2. The maximum absolute atomic E-state index is 13.5. The molecule has 0 fully saturated rings. The standard InChI is InChI=1S/C15H11F3N2O3/c1-8(21)23-10-4-2-3-9(7-10)19-15(22)20-12-6-5-11(16)13(17)14(12)18/h2-7H,1H3,(H2,19,20,22). The Hall–Kier alpha value is -3.03. The van der Waals surface area contributed by atoms with E-state index in [1.807, 2.05) is 5.32 Å². The number of carbonyl (C=O) groups is 2. The van der Waals surface area contributed by atoms with Crippen LogP contribution in [0.25, 0.3) is 0 Å². The first-order valence-electron chi connectivity index (χ1n) is 6.37. The maximum atomic E-state index is 13.5. The van der Waals surface area contributed by atoms with E-state index in [0.29, 0.717) is 6.07 Å². The molecule has 2 aromatic carbocycles. The minimum atomic E-state index is -1.68. The quantitative estimate of drug-likeness (QED) is 0.514. The zero-order valence-corrected chi connectivity index (χ0v) is 11.8. The zero-order valence-electron chi connectivity index (χ0n) is 11.8. The van der Waals surface area contributed by atoms with Crippen LogP contribution >= 0.6 is 0 Å². The van der Waals surface area contributed by atoms with Gasteiger partial charge < -0.3 is 15.4 Å². The van der Waals surface area contributed by atoms with E-state index in [1.54, 1.807) is 0 Å². The van der Waals surface area contributed by atoms with E-state index in [2.05, 4.69) is 5.32 Å². The highest BCUT2D eigenvalue weighted by atomic mass is 19.2. The third-order valence-electron chi connectivity index (χ3n) is 2.64. The lowest BCUT2D eigenvalue weighted by Gasteiger charge is -2.10. The minimum absolute atomic E-state index is 0.203. The number of anilines is 2. The van der Waals surface area contributed by atoms with Gasteiger partial charge in [0, 0.05) is 18.7 Å². The fraction of sp³-hybridized carbons (Fsp3) is 0.0667. The van der Waals surface area contributed by atoms with Crippen molar-refractivity contribution < 1.29 is 27.5 Å². The average Bonchev–Trinajstić information content (AvgIpc) is 2.47. The number of benzene rings is 2. The molecule has 0 unspecified atom stereocenters. The minimum Gasteiger partial charge on any atom is -0.427 e. The highest BCUT2D eigenvalue weighted by Crippen LogP contribution is 2.21. The summed E-state index contributed by atoms with van der Waals surface area (Å²) in [5.41, 5.74) is -0.262. The number of rotatable bonds is 3. The number of carbonyl (C=O) groups excluding carboxylic acids is 2. The Morgan fingerprint density at radius 2 is 1.74 bits per heavy atom. The number of esters is 1. The van der Waals surface area contributed by atoms with Crippen LogP contribution in [-0.2, 0) is 4.79 Å². The van der Waals surface area contributed by atoms with Gasteiger partial charge in [0.15, 0.2) is 17.5 Å². The molecule has 2 N–H and O–H groups in total. The van der Waals surface area contributed by atoms with Crippen LogP contribution in [0.15, 0.2) is 36.4 Å². The van der Waals surface area contributed by atoms with Crippen molar-refractivity contribution in [1.29, 1.82) is 0 Å². The molecule has 0 aliphatic heterocycles. The molecule has 0 radical (unpaired) electrons. The highest BCUT2D eigenvalue weighted by molar-refractivity contribution is 5.99.